The van der Waals surface area contributed by atoms with Crippen LogP contribution in [0.1, 0.15) is 5.56 Å². The predicted octanol–water partition coefficient (Wildman–Crippen LogP) is 1.37. The quantitative estimate of drug-likeness (QED) is 0.927. The highest BCUT2D eigenvalue weighted by atomic mass is 32.2. The van der Waals surface area contributed by atoms with Crippen LogP contribution in [0, 0.1) is 23.0 Å². The zero-order valence-corrected chi connectivity index (χ0v) is 10.9. The highest BCUT2D eigenvalue weighted by molar-refractivity contribution is 7.92. The molecule has 0 atom stereocenters. The zero-order valence-electron chi connectivity index (χ0n) is 10.1. The number of hydrogen-bond acceptors (Lipinski definition) is 4. The first-order chi connectivity index (χ1) is 9.35. The summed E-state index contributed by atoms with van der Waals surface area (Å²) in [6, 6.07) is 3.95. The average Bonchev–Trinajstić information content (AvgIpc) is 2.73. The van der Waals surface area contributed by atoms with Crippen LogP contribution in [0.25, 0.3) is 0 Å². The fraction of sp³-hybridized carbons (Fsp3) is 0.0909. The Balaban J connectivity index is 2.44. The summed E-state index contributed by atoms with van der Waals surface area (Å²) in [4.78, 5) is -0.457. The molecule has 6 nitrogen and oxygen atoms in total. The van der Waals surface area contributed by atoms with Crippen LogP contribution in [0.15, 0.2) is 29.3 Å². The predicted molar refractivity (Wildman–Crippen MR) is 65.1 cm³/mol. The number of benzene rings is 1. The number of hydrogen-bond donors (Lipinski definition) is 1. The van der Waals surface area contributed by atoms with E-state index in [4.69, 9.17) is 5.26 Å². The molecule has 2 rings (SSSR count). The minimum absolute atomic E-state index is 0.0126. The SMILES string of the molecule is Cn1ncc(C#N)c1NS(=O)(=O)c1ccc(F)c(F)c1. The Labute approximate surface area is 113 Å². The van der Waals surface area contributed by atoms with Crippen LogP contribution in [0.2, 0.25) is 0 Å². The van der Waals surface area contributed by atoms with E-state index in [1.807, 2.05) is 0 Å². The Morgan fingerprint density at radius 3 is 2.65 bits per heavy atom. The number of halogens is 2. The molecule has 2 aromatic rings. The molecule has 0 fully saturated rings. The smallest absolute Gasteiger partial charge is 0.262 e. The van der Waals surface area contributed by atoms with Crippen LogP contribution in [-0.2, 0) is 17.1 Å². The molecule has 0 aliphatic heterocycles. The third-order valence-electron chi connectivity index (χ3n) is 2.49. The Bertz CT molecular complexity index is 808. The van der Waals surface area contributed by atoms with E-state index in [9.17, 15) is 17.2 Å². The number of rotatable bonds is 3. The topological polar surface area (TPSA) is 87.8 Å². The molecule has 1 N–H and O–H groups in total. The molecule has 0 spiro atoms. The van der Waals surface area contributed by atoms with Crippen molar-refractivity contribution >= 4 is 15.8 Å². The highest BCUT2D eigenvalue weighted by Crippen LogP contribution is 2.20. The second kappa shape index (κ2) is 4.90. The second-order valence-corrected chi connectivity index (χ2v) is 5.51. The molecule has 0 aliphatic carbocycles. The third kappa shape index (κ3) is 2.46. The van der Waals surface area contributed by atoms with Gasteiger partial charge in [-0.15, -0.1) is 0 Å². The van der Waals surface area contributed by atoms with Gasteiger partial charge in [-0.05, 0) is 18.2 Å². The molecule has 0 amide bonds. The maximum absolute atomic E-state index is 13.1. The van der Waals surface area contributed by atoms with Crippen LogP contribution >= 0.6 is 0 Å². The third-order valence-corrected chi connectivity index (χ3v) is 3.83. The van der Waals surface area contributed by atoms with Gasteiger partial charge in [0.1, 0.15) is 11.6 Å². The molecule has 0 saturated heterocycles. The van der Waals surface area contributed by atoms with E-state index in [1.165, 1.54) is 13.2 Å². The van der Waals surface area contributed by atoms with E-state index < -0.39 is 26.6 Å². The normalized spacial score (nSPS) is 11.1. The van der Waals surface area contributed by atoms with Crippen LogP contribution in [-0.4, -0.2) is 18.2 Å². The van der Waals surface area contributed by atoms with Gasteiger partial charge in [0, 0.05) is 7.05 Å². The summed E-state index contributed by atoms with van der Waals surface area (Å²) >= 11 is 0. The van der Waals surface area contributed by atoms with Gasteiger partial charge < -0.3 is 0 Å². The van der Waals surface area contributed by atoms with Crippen molar-refractivity contribution in [1.29, 1.82) is 5.26 Å². The maximum atomic E-state index is 13.1. The molecule has 9 heteroatoms. The Morgan fingerprint density at radius 1 is 1.35 bits per heavy atom. The van der Waals surface area contributed by atoms with Crippen molar-refractivity contribution in [3.05, 3.63) is 41.6 Å². The van der Waals surface area contributed by atoms with Gasteiger partial charge in [0.25, 0.3) is 10.0 Å². The van der Waals surface area contributed by atoms with Crippen molar-refractivity contribution in [2.75, 3.05) is 4.72 Å². The van der Waals surface area contributed by atoms with Gasteiger partial charge in [-0.2, -0.15) is 10.4 Å². The first-order valence-corrected chi connectivity index (χ1v) is 6.73. The number of aryl methyl sites for hydroxylation is 1. The number of anilines is 1. The average molecular weight is 298 g/mol. The molecule has 1 heterocycles. The molecule has 1 aromatic carbocycles. The highest BCUT2D eigenvalue weighted by Gasteiger charge is 2.20. The lowest BCUT2D eigenvalue weighted by Gasteiger charge is -2.08. The van der Waals surface area contributed by atoms with Crippen molar-refractivity contribution < 1.29 is 17.2 Å². The van der Waals surface area contributed by atoms with E-state index in [-0.39, 0.29) is 11.4 Å². The van der Waals surface area contributed by atoms with Crippen LogP contribution in [0.5, 0.6) is 0 Å². The summed E-state index contributed by atoms with van der Waals surface area (Å²) in [5, 5.41) is 12.6. The lowest BCUT2D eigenvalue weighted by Crippen LogP contribution is -2.16. The summed E-state index contributed by atoms with van der Waals surface area (Å²) in [5.74, 6) is -2.49. The van der Waals surface area contributed by atoms with Gasteiger partial charge in [-0.3, -0.25) is 9.40 Å². The molecule has 1 aromatic heterocycles. The summed E-state index contributed by atoms with van der Waals surface area (Å²) in [5.41, 5.74) is 0.0126. The van der Waals surface area contributed by atoms with Crippen LogP contribution in [0.3, 0.4) is 0 Å². The van der Waals surface area contributed by atoms with Crippen LogP contribution in [0.4, 0.5) is 14.6 Å². The van der Waals surface area contributed by atoms with E-state index >= 15 is 0 Å². The van der Waals surface area contributed by atoms with Gasteiger partial charge in [0.15, 0.2) is 17.5 Å². The number of aromatic nitrogens is 2. The van der Waals surface area contributed by atoms with Crippen molar-refractivity contribution in [2.45, 2.75) is 4.90 Å². The minimum atomic E-state index is -4.15. The number of nitriles is 1. The van der Waals surface area contributed by atoms with Gasteiger partial charge in [0.05, 0.1) is 11.1 Å². The molecule has 20 heavy (non-hydrogen) atoms. The maximum Gasteiger partial charge on any atom is 0.263 e. The van der Waals surface area contributed by atoms with Gasteiger partial charge in [0.2, 0.25) is 0 Å². The minimum Gasteiger partial charge on any atom is -0.262 e. The fourth-order valence-corrected chi connectivity index (χ4v) is 2.59. The van der Waals surface area contributed by atoms with Crippen molar-refractivity contribution in [2.24, 2.45) is 7.05 Å². The van der Waals surface area contributed by atoms with E-state index in [2.05, 4.69) is 9.82 Å². The lowest BCUT2D eigenvalue weighted by atomic mass is 10.3. The first kappa shape index (κ1) is 14.0. The van der Waals surface area contributed by atoms with Crippen molar-refractivity contribution in [3.63, 3.8) is 0 Å². The largest absolute Gasteiger partial charge is 0.263 e. The summed E-state index contributed by atoms with van der Waals surface area (Å²) < 4.78 is 53.2. The summed E-state index contributed by atoms with van der Waals surface area (Å²) in [6.07, 6.45) is 1.18. The fourth-order valence-electron chi connectivity index (χ4n) is 1.47. The monoisotopic (exact) mass is 298 g/mol. The first-order valence-electron chi connectivity index (χ1n) is 5.25. The standard InChI is InChI=1S/C11H8F2N4O2S/c1-17-11(7(5-14)6-15-17)16-20(18,19)8-2-3-9(12)10(13)4-8/h2-4,6,16H,1H3. The Hall–Kier alpha value is -2.47. The van der Waals surface area contributed by atoms with Gasteiger partial charge in [-0.1, -0.05) is 0 Å². The lowest BCUT2D eigenvalue weighted by molar-refractivity contribution is 0.504. The number of nitrogens with zero attached hydrogens (tertiary/aromatic N) is 3. The second-order valence-electron chi connectivity index (χ2n) is 3.82. The molecule has 0 bridgehead atoms. The molecule has 104 valence electrons. The van der Waals surface area contributed by atoms with E-state index in [1.54, 1.807) is 6.07 Å². The van der Waals surface area contributed by atoms with E-state index in [0.29, 0.717) is 12.1 Å². The Morgan fingerprint density at radius 2 is 2.05 bits per heavy atom. The van der Waals surface area contributed by atoms with Crippen molar-refractivity contribution in [3.8, 4) is 6.07 Å². The van der Waals surface area contributed by atoms with Crippen LogP contribution < -0.4 is 4.72 Å². The summed E-state index contributed by atoms with van der Waals surface area (Å²) in [6.45, 7) is 0. The molecule has 0 saturated carbocycles. The summed E-state index contributed by atoms with van der Waals surface area (Å²) in [7, 11) is -2.71. The number of sulfonamides is 1. The molecule has 0 radical (unpaired) electrons. The number of nitrogens with one attached hydrogen (secondary N) is 1. The van der Waals surface area contributed by atoms with E-state index in [0.717, 1.165) is 10.7 Å². The van der Waals surface area contributed by atoms with Gasteiger partial charge in [-0.25, -0.2) is 17.2 Å². The van der Waals surface area contributed by atoms with Crippen molar-refractivity contribution in [1.82, 2.24) is 9.78 Å². The molecular weight excluding hydrogens is 290 g/mol. The van der Waals surface area contributed by atoms with Gasteiger partial charge >= 0.3 is 0 Å². The zero-order chi connectivity index (χ0) is 14.9. The molecule has 0 unspecified atom stereocenters. The Kier molecular flexibility index (Phi) is 3.42. The molecular formula is C11H8F2N4O2S. The molecule has 0 aliphatic rings.